The van der Waals surface area contributed by atoms with Crippen LogP contribution in [0.5, 0.6) is 0 Å². The van der Waals surface area contributed by atoms with Crippen molar-refractivity contribution in [1.82, 2.24) is 24.5 Å². The van der Waals surface area contributed by atoms with Crippen LogP contribution in [-0.4, -0.2) is 48.6 Å². The molecule has 0 aliphatic carbocycles. The van der Waals surface area contributed by atoms with Gasteiger partial charge < -0.3 is 10.0 Å². The Morgan fingerprint density at radius 1 is 1.46 bits per heavy atom. The molecule has 2 aromatic rings. The Morgan fingerprint density at radius 2 is 2.17 bits per heavy atom. The van der Waals surface area contributed by atoms with E-state index in [4.69, 9.17) is 0 Å². The zero-order chi connectivity index (χ0) is 17.5. The van der Waals surface area contributed by atoms with Crippen molar-refractivity contribution in [3.8, 4) is 0 Å². The lowest BCUT2D eigenvalue weighted by Crippen LogP contribution is -2.62. The number of aromatic amines is 1. The van der Waals surface area contributed by atoms with Crippen molar-refractivity contribution in [2.24, 2.45) is 13.0 Å². The molecule has 2 aromatic heterocycles. The van der Waals surface area contributed by atoms with Crippen molar-refractivity contribution in [2.45, 2.75) is 32.4 Å². The van der Waals surface area contributed by atoms with Gasteiger partial charge in [-0.2, -0.15) is 5.10 Å². The van der Waals surface area contributed by atoms with Crippen molar-refractivity contribution in [3.05, 3.63) is 40.1 Å². The number of carbonyl (C=O) groups excluding carboxylic acids is 1. The minimum absolute atomic E-state index is 0.111. The fourth-order valence-corrected chi connectivity index (χ4v) is 3.11. The van der Waals surface area contributed by atoms with Crippen LogP contribution in [0.2, 0.25) is 0 Å². The summed E-state index contributed by atoms with van der Waals surface area (Å²) >= 11 is 0. The molecule has 0 unspecified atom stereocenters. The number of aryl methyl sites for hydroxylation is 1. The quantitative estimate of drug-likeness (QED) is 0.794. The number of aromatic nitrogens is 4. The predicted octanol–water partition coefficient (Wildman–Crippen LogP) is -0.162. The van der Waals surface area contributed by atoms with Gasteiger partial charge in [0, 0.05) is 31.5 Å². The lowest BCUT2D eigenvalue weighted by atomic mass is 9.90. The van der Waals surface area contributed by atoms with E-state index in [2.05, 4.69) is 10.2 Å². The molecule has 8 heteroatoms. The normalized spacial score (nSPS) is 16.5. The average Bonchev–Trinajstić information content (AvgIpc) is 3.01. The first-order valence-electron chi connectivity index (χ1n) is 8.06. The Kier molecular flexibility index (Phi) is 4.08. The van der Waals surface area contributed by atoms with E-state index in [0.29, 0.717) is 23.9 Å². The summed E-state index contributed by atoms with van der Waals surface area (Å²) in [5.74, 6) is 0.231. The van der Waals surface area contributed by atoms with E-state index in [-0.39, 0.29) is 31.0 Å². The summed E-state index contributed by atoms with van der Waals surface area (Å²) in [5, 5.41) is 17.6. The van der Waals surface area contributed by atoms with Gasteiger partial charge >= 0.3 is 0 Å². The fraction of sp³-hybridized carbons (Fsp3) is 0.562. The molecule has 24 heavy (non-hydrogen) atoms. The van der Waals surface area contributed by atoms with Crippen molar-refractivity contribution in [1.29, 1.82) is 0 Å². The van der Waals surface area contributed by atoms with E-state index in [9.17, 15) is 14.7 Å². The van der Waals surface area contributed by atoms with E-state index >= 15 is 0 Å². The Balaban J connectivity index is 1.62. The number of rotatable bonds is 5. The molecule has 130 valence electrons. The van der Waals surface area contributed by atoms with Gasteiger partial charge in [-0.3, -0.25) is 24.1 Å². The molecule has 1 saturated heterocycles. The summed E-state index contributed by atoms with van der Waals surface area (Å²) in [6.07, 6.45) is 1.75. The van der Waals surface area contributed by atoms with Crippen LogP contribution in [0.25, 0.3) is 0 Å². The van der Waals surface area contributed by atoms with Crippen LogP contribution in [0.15, 0.2) is 23.1 Å². The number of β-amino-alcohol motifs (C(OH)–C–C–N with tert-alkyl or cyclic N) is 1. The summed E-state index contributed by atoms with van der Waals surface area (Å²) in [5.41, 5.74) is 0.129. The van der Waals surface area contributed by atoms with Crippen LogP contribution in [-0.2, 0) is 30.4 Å². The monoisotopic (exact) mass is 333 g/mol. The Bertz CT molecular complexity index is 795. The van der Waals surface area contributed by atoms with Crippen LogP contribution in [0.3, 0.4) is 0 Å². The molecule has 0 aromatic carbocycles. The zero-order valence-electron chi connectivity index (χ0n) is 14.2. The maximum Gasteiger partial charge on any atom is 0.266 e. The van der Waals surface area contributed by atoms with Crippen LogP contribution >= 0.6 is 0 Å². The molecular weight excluding hydrogens is 310 g/mol. The number of likely N-dealkylation sites (tertiary alicyclic amines) is 1. The first-order valence-corrected chi connectivity index (χ1v) is 8.06. The Morgan fingerprint density at radius 3 is 2.75 bits per heavy atom. The number of hydrogen-bond acceptors (Lipinski definition) is 4. The number of aliphatic hydroxyl groups is 1. The first-order chi connectivity index (χ1) is 11.3. The minimum atomic E-state index is -1.04. The predicted molar refractivity (Wildman–Crippen MR) is 87.3 cm³/mol. The minimum Gasteiger partial charge on any atom is -0.380 e. The van der Waals surface area contributed by atoms with E-state index in [1.54, 1.807) is 28.9 Å². The van der Waals surface area contributed by atoms with Crippen molar-refractivity contribution in [3.63, 3.8) is 0 Å². The molecule has 1 fully saturated rings. The Labute approximate surface area is 139 Å². The molecule has 1 aliphatic rings. The fourth-order valence-electron chi connectivity index (χ4n) is 3.11. The van der Waals surface area contributed by atoms with Gasteiger partial charge in [-0.1, -0.05) is 13.8 Å². The summed E-state index contributed by atoms with van der Waals surface area (Å²) in [6.45, 7) is 5.12. The standard InChI is InChI=1S/C16H23N5O3/c1-11(2)8-21-15(23)7-12(18-21)6-14(22)20-9-16(24,10-20)13-4-5-17-19(13)3/h4-5,7,11,18,24H,6,8-10H2,1-3H3. The lowest BCUT2D eigenvalue weighted by Gasteiger charge is -2.46. The molecule has 2 N–H and O–H groups in total. The maximum absolute atomic E-state index is 12.3. The third kappa shape index (κ3) is 3.01. The van der Waals surface area contributed by atoms with E-state index < -0.39 is 5.60 Å². The molecule has 0 saturated carbocycles. The van der Waals surface area contributed by atoms with Gasteiger partial charge in [-0.15, -0.1) is 0 Å². The highest BCUT2D eigenvalue weighted by atomic mass is 16.3. The number of amides is 1. The number of nitrogens with zero attached hydrogens (tertiary/aromatic N) is 4. The SMILES string of the molecule is CC(C)Cn1[nH]c(CC(=O)N2CC(O)(c3ccnn3C)C2)cc1=O. The van der Waals surface area contributed by atoms with Gasteiger partial charge in [0.15, 0.2) is 0 Å². The maximum atomic E-state index is 12.3. The third-order valence-electron chi connectivity index (χ3n) is 4.29. The van der Waals surface area contributed by atoms with Gasteiger partial charge in [0.2, 0.25) is 5.91 Å². The van der Waals surface area contributed by atoms with E-state index in [1.165, 1.54) is 10.7 Å². The number of nitrogens with one attached hydrogen (secondary N) is 1. The second-order valence-electron chi connectivity index (χ2n) is 6.92. The highest BCUT2D eigenvalue weighted by Gasteiger charge is 2.46. The highest BCUT2D eigenvalue weighted by Crippen LogP contribution is 2.31. The topological polar surface area (TPSA) is 96.2 Å². The lowest BCUT2D eigenvalue weighted by molar-refractivity contribution is -0.157. The molecule has 3 rings (SSSR count). The van der Waals surface area contributed by atoms with Crippen molar-refractivity contribution >= 4 is 5.91 Å². The summed E-state index contributed by atoms with van der Waals surface area (Å²) < 4.78 is 3.14. The second kappa shape index (κ2) is 5.94. The average molecular weight is 333 g/mol. The summed E-state index contributed by atoms with van der Waals surface area (Å²) in [4.78, 5) is 25.8. The molecule has 0 bridgehead atoms. The van der Waals surface area contributed by atoms with Gasteiger partial charge in [-0.05, 0) is 12.0 Å². The van der Waals surface area contributed by atoms with Crippen molar-refractivity contribution in [2.75, 3.05) is 13.1 Å². The molecule has 0 atom stereocenters. The van der Waals surface area contributed by atoms with Crippen LogP contribution in [0.1, 0.15) is 25.2 Å². The second-order valence-corrected chi connectivity index (χ2v) is 6.92. The van der Waals surface area contributed by atoms with E-state index in [1.807, 2.05) is 13.8 Å². The number of H-pyrrole nitrogens is 1. The Hall–Kier alpha value is -2.35. The molecule has 8 nitrogen and oxygen atoms in total. The molecule has 1 aliphatic heterocycles. The van der Waals surface area contributed by atoms with E-state index in [0.717, 1.165) is 0 Å². The molecular formula is C16H23N5O3. The van der Waals surface area contributed by atoms with Crippen molar-refractivity contribution < 1.29 is 9.90 Å². The molecule has 0 spiro atoms. The molecule has 0 radical (unpaired) electrons. The highest BCUT2D eigenvalue weighted by molar-refractivity contribution is 5.79. The van der Waals surface area contributed by atoms with Gasteiger partial charge in [0.05, 0.1) is 25.2 Å². The third-order valence-corrected chi connectivity index (χ3v) is 4.29. The number of carbonyl (C=O) groups is 1. The van der Waals surface area contributed by atoms with Gasteiger partial charge in [0.1, 0.15) is 5.60 Å². The number of hydrogen-bond donors (Lipinski definition) is 2. The van der Waals surface area contributed by atoms with Gasteiger partial charge in [-0.25, -0.2) is 0 Å². The van der Waals surface area contributed by atoms with Crippen LogP contribution in [0.4, 0.5) is 0 Å². The van der Waals surface area contributed by atoms with Gasteiger partial charge in [0.25, 0.3) is 5.56 Å². The van der Waals surface area contributed by atoms with Crippen LogP contribution < -0.4 is 5.56 Å². The molecule has 3 heterocycles. The summed E-state index contributed by atoms with van der Waals surface area (Å²) in [6, 6.07) is 3.22. The first kappa shape index (κ1) is 16.5. The smallest absolute Gasteiger partial charge is 0.266 e. The molecule has 1 amide bonds. The van der Waals surface area contributed by atoms with Crippen LogP contribution in [0, 0.1) is 5.92 Å². The zero-order valence-corrected chi connectivity index (χ0v) is 14.2. The summed E-state index contributed by atoms with van der Waals surface area (Å²) in [7, 11) is 1.76. The largest absolute Gasteiger partial charge is 0.380 e.